The Hall–Kier alpha value is -2.95. The Labute approximate surface area is 165 Å². The Morgan fingerprint density at radius 1 is 1.18 bits per heavy atom. The van der Waals surface area contributed by atoms with Crippen molar-refractivity contribution >= 4 is 17.5 Å². The first-order valence-electron chi connectivity index (χ1n) is 9.62. The first-order valence-corrected chi connectivity index (χ1v) is 9.62. The summed E-state index contributed by atoms with van der Waals surface area (Å²) >= 11 is 0. The van der Waals surface area contributed by atoms with Crippen LogP contribution in [0.2, 0.25) is 0 Å². The second kappa shape index (κ2) is 9.31. The highest BCUT2D eigenvalue weighted by molar-refractivity contribution is 5.93. The predicted molar refractivity (Wildman–Crippen MR) is 109 cm³/mol. The van der Waals surface area contributed by atoms with Crippen LogP contribution in [0.25, 0.3) is 11.1 Å². The molecule has 1 atom stereocenters. The number of carbonyl (C=O) groups excluding carboxylic acids is 2. The number of benzene rings is 2. The van der Waals surface area contributed by atoms with Crippen molar-refractivity contribution in [3.8, 4) is 11.1 Å². The number of hydrogen-bond donors (Lipinski definition) is 1. The summed E-state index contributed by atoms with van der Waals surface area (Å²) in [4.78, 5) is 26.7. The Bertz CT molecular complexity index is 848. The number of piperidine rings is 1. The monoisotopic (exact) mass is 380 g/mol. The summed E-state index contributed by atoms with van der Waals surface area (Å²) in [5.74, 6) is -0.484. The third kappa shape index (κ3) is 5.06. The number of anilines is 1. The van der Waals surface area contributed by atoms with Crippen LogP contribution >= 0.6 is 0 Å². The van der Waals surface area contributed by atoms with Gasteiger partial charge in [0.2, 0.25) is 11.8 Å². The fourth-order valence-corrected chi connectivity index (χ4v) is 3.46. The van der Waals surface area contributed by atoms with Gasteiger partial charge >= 0.3 is 0 Å². The van der Waals surface area contributed by atoms with E-state index in [9.17, 15) is 14.0 Å². The van der Waals surface area contributed by atoms with Gasteiger partial charge < -0.3 is 10.2 Å². The van der Waals surface area contributed by atoms with Gasteiger partial charge in [0.25, 0.3) is 0 Å². The van der Waals surface area contributed by atoms with Crippen LogP contribution in [0, 0.1) is 11.7 Å². The largest absolute Gasteiger partial charge is 0.342 e. The van der Waals surface area contributed by atoms with Crippen LogP contribution in [0.1, 0.15) is 25.7 Å². The maximum Gasteiger partial charge on any atom is 0.229 e. The van der Waals surface area contributed by atoms with E-state index in [1.807, 2.05) is 24.3 Å². The molecule has 0 radical (unpaired) electrons. The molecule has 1 fully saturated rings. The second-order valence-corrected chi connectivity index (χ2v) is 7.08. The minimum absolute atomic E-state index is 0.0718. The Balaban J connectivity index is 1.64. The number of likely N-dealkylation sites (tertiary alicyclic amines) is 1. The summed E-state index contributed by atoms with van der Waals surface area (Å²) in [6.07, 6.45) is 4.43. The smallest absolute Gasteiger partial charge is 0.229 e. The van der Waals surface area contributed by atoms with Crippen LogP contribution in [-0.4, -0.2) is 29.8 Å². The van der Waals surface area contributed by atoms with Crippen molar-refractivity contribution < 1.29 is 14.0 Å². The van der Waals surface area contributed by atoms with Gasteiger partial charge in [0.1, 0.15) is 5.82 Å². The number of halogens is 1. The maximum atomic E-state index is 13.1. The summed E-state index contributed by atoms with van der Waals surface area (Å²) in [5.41, 5.74) is 2.48. The van der Waals surface area contributed by atoms with Crippen molar-refractivity contribution in [1.29, 1.82) is 0 Å². The van der Waals surface area contributed by atoms with Crippen LogP contribution in [-0.2, 0) is 9.59 Å². The molecular formula is C23H25FN2O2. The van der Waals surface area contributed by atoms with Gasteiger partial charge in [-0.3, -0.25) is 9.59 Å². The third-order valence-corrected chi connectivity index (χ3v) is 5.01. The molecule has 2 amide bonds. The molecule has 2 aromatic rings. The fourth-order valence-electron chi connectivity index (χ4n) is 3.46. The average molecular weight is 380 g/mol. The van der Waals surface area contributed by atoms with Gasteiger partial charge in [0.05, 0.1) is 5.92 Å². The SMILES string of the molecule is C=CCCC(=O)N1CCC[C@@H](C(=O)Nc2cccc(-c3ccc(F)cc3)c2)C1. The first kappa shape index (κ1) is 19.8. The predicted octanol–water partition coefficient (Wildman–Crippen LogP) is 4.64. The molecule has 146 valence electrons. The van der Waals surface area contributed by atoms with Crippen LogP contribution in [0.3, 0.4) is 0 Å². The molecule has 4 nitrogen and oxygen atoms in total. The molecule has 1 saturated heterocycles. The van der Waals surface area contributed by atoms with E-state index in [2.05, 4.69) is 11.9 Å². The summed E-state index contributed by atoms with van der Waals surface area (Å²) in [6.45, 7) is 4.81. The van der Waals surface area contributed by atoms with Gasteiger partial charge in [0.15, 0.2) is 0 Å². The van der Waals surface area contributed by atoms with Crippen LogP contribution < -0.4 is 5.32 Å². The summed E-state index contributed by atoms with van der Waals surface area (Å²) in [7, 11) is 0. The Morgan fingerprint density at radius 2 is 1.96 bits per heavy atom. The molecule has 5 heteroatoms. The van der Waals surface area contributed by atoms with E-state index < -0.39 is 0 Å². The molecule has 0 aromatic heterocycles. The zero-order valence-corrected chi connectivity index (χ0v) is 15.9. The van der Waals surface area contributed by atoms with E-state index in [0.29, 0.717) is 31.6 Å². The molecule has 0 unspecified atom stereocenters. The van der Waals surface area contributed by atoms with E-state index in [-0.39, 0.29) is 23.5 Å². The topological polar surface area (TPSA) is 49.4 Å². The highest BCUT2D eigenvalue weighted by atomic mass is 19.1. The Morgan fingerprint density at radius 3 is 2.71 bits per heavy atom. The van der Waals surface area contributed by atoms with Gasteiger partial charge in [-0.05, 0) is 54.7 Å². The minimum atomic E-state index is -0.280. The highest BCUT2D eigenvalue weighted by Crippen LogP contribution is 2.24. The lowest BCUT2D eigenvalue weighted by Crippen LogP contribution is -2.43. The van der Waals surface area contributed by atoms with Crippen LogP contribution in [0.4, 0.5) is 10.1 Å². The second-order valence-electron chi connectivity index (χ2n) is 7.08. The van der Waals surface area contributed by atoms with Gasteiger partial charge in [-0.1, -0.05) is 30.3 Å². The Kier molecular flexibility index (Phi) is 6.58. The molecule has 1 aliphatic heterocycles. The standard InChI is InChI=1S/C23H25FN2O2/c1-2-3-9-22(27)26-14-5-7-19(16-26)23(28)25-21-8-4-6-18(15-21)17-10-12-20(24)13-11-17/h2,4,6,8,10-13,15,19H,1,3,5,7,9,14,16H2,(H,25,28)/t19-/m1/s1. The molecule has 0 saturated carbocycles. The van der Waals surface area contributed by atoms with Crippen LogP contribution in [0.15, 0.2) is 61.2 Å². The van der Waals surface area contributed by atoms with Crippen molar-refractivity contribution in [3.05, 3.63) is 67.0 Å². The van der Waals surface area contributed by atoms with Crippen LogP contribution in [0.5, 0.6) is 0 Å². The molecule has 1 aliphatic rings. The molecular weight excluding hydrogens is 355 g/mol. The minimum Gasteiger partial charge on any atom is -0.342 e. The van der Waals surface area contributed by atoms with Crippen molar-refractivity contribution in [3.63, 3.8) is 0 Å². The van der Waals surface area contributed by atoms with E-state index in [1.54, 1.807) is 23.1 Å². The average Bonchev–Trinajstić information content (AvgIpc) is 2.73. The van der Waals surface area contributed by atoms with E-state index in [0.717, 1.165) is 24.0 Å². The number of amides is 2. The first-order chi connectivity index (χ1) is 13.6. The van der Waals surface area contributed by atoms with Crippen molar-refractivity contribution in [2.75, 3.05) is 18.4 Å². The number of nitrogens with one attached hydrogen (secondary N) is 1. The van der Waals surface area contributed by atoms with Crippen molar-refractivity contribution in [1.82, 2.24) is 4.90 Å². The lowest BCUT2D eigenvalue weighted by atomic mass is 9.96. The number of rotatable bonds is 6. The third-order valence-electron chi connectivity index (χ3n) is 5.01. The van der Waals surface area contributed by atoms with Gasteiger partial charge in [-0.25, -0.2) is 4.39 Å². The molecule has 0 spiro atoms. The van der Waals surface area contributed by atoms with Gasteiger partial charge in [0, 0.05) is 25.2 Å². The van der Waals surface area contributed by atoms with Gasteiger partial charge in [-0.15, -0.1) is 6.58 Å². The van der Waals surface area contributed by atoms with Gasteiger partial charge in [-0.2, -0.15) is 0 Å². The number of allylic oxidation sites excluding steroid dienone is 1. The highest BCUT2D eigenvalue weighted by Gasteiger charge is 2.28. The maximum absolute atomic E-state index is 13.1. The number of hydrogen-bond acceptors (Lipinski definition) is 2. The molecule has 1 N–H and O–H groups in total. The number of carbonyl (C=O) groups is 2. The molecule has 0 aliphatic carbocycles. The quantitative estimate of drug-likeness (QED) is 0.743. The summed E-state index contributed by atoms with van der Waals surface area (Å²) < 4.78 is 13.1. The molecule has 1 heterocycles. The molecule has 0 bridgehead atoms. The molecule has 28 heavy (non-hydrogen) atoms. The summed E-state index contributed by atoms with van der Waals surface area (Å²) in [6, 6.07) is 13.8. The lowest BCUT2D eigenvalue weighted by Gasteiger charge is -2.32. The molecule has 3 rings (SSSR count). The van der Waals surface area contributed by atoms with Crippen molar-refractivity contribution in [2.24, 2.45) is 5.92 Å². The summed E-state index contributed by atoms with van der Waals surface area (Å²) in [5, 5.41) is 2.97. The normalized spacial score (nSPS) is 16.5. The van der Waals surface area contributed by atoms with E-state index >= 15 is 0 Å². The zero-order chi connectivity index (χ0) is 19.9. The number of nitrogens with zero attached hydrogens (tertiary/aromatic N) is 1. The van der Waals surface area contributed by atoms with Crippen molar-refractivity contribution in [2.45, 2.75) is 25.7 Å². The van der Waals surface area contributed by atoms with E-state index in [1.165, 1.54) is 12.1 Å². The lowest BCUT2D eigenvalue weighted by molar-refractivity contribution is -0.134. The zero-order valence-electron chi connectivity index (χ0n) is 15.9. The van der Waals surface area contributed by atoms with E-state index in [4.69, 9.17) is 0 Å². The molecule has 2 aromatic carbocycles. The fraction of sp³-hybridized carbons (Fsp3) is 0.304.